The molecule has 4 rings (SSSR count). The Morgan fingerprint density at radius 1 is 1.21 bits per heavy atom. The number of halogens is 3. The van der Waals surface area contributed by atoms with Crippen LogP contribution in [0.1, 0.15) is 40.7 Å². The number of carbonyl (C=O) groups excluding carboxylic acids is 1. The van der Waals surface area contributed by atoms with Crippen LogP contribution in [0.5, 0.6) is 5.75 Å². The van der Waals surface area contributed by atoms with E-state index in [1.807, 2.05) is 30.3 Å². The predicted molar refractivity (Wildman–Crippen MR) is 119 cm³/mol. The topological polar surface area (TPSA) is 98.8 Å². The molecule has 0 saturated carbocycles. The number of amides is 1. The number of nitrogens with two attached hydrogens (primary N) is 1. The lowest BCUT2D eigenvalue weighted by atomic mass is 9.98. The number of aliphatic imine (C=N–C) groups is 1. The Balaban J connectivity index is 1.69. The Kier molecular flexibility index (Phi) is 6.40. The van der Waals surface area contributed by atoms with Gasteiger partial charge < -0.3 is 20.5 Å². The molecule has 3 aromatic rings. The van der Waals surface area contributed by atoms with Gasteiger partial charge in [0, 0.05) is 11.3 Å². The van der Waals surface area contributed by atoms with Crippen LogP contribution >= 0.6 is 0 Å². The molecule has 0 fully saturated rings. The summed E-state index contributed by atoms with van der Waals surface area (Å²) in [6.45, 7) is 0.839. The van der Waals surface area contributed by atoms with Crippen molar-refractivity contribution >= 4 is 17.6 Å². The molecule has 2 atom stereocenters. The summed E-state index contributed by atoms with van der Waals surface area (Å²) in [5.74, 6) is -4.46. The Bertz CT molecular complexity index is 1200. The zero-order valence-electron chi connectivity index (χ0n) is 18.0. The van der Waals surface area contributed by atoms with Crippen LogP contribution in [-0.4, -0.2) is 29.4 Å². The highest BCUT2D eigenvalue weighted by atomic mass is 19.3. The van der Waals surface area contributed by atoms with E-state index in [0.29, 0.717) is 0 Å². The van der Waals surface area contributed by atoms with Gasteiger partial charge in [-0.2, -0.15) is 0 Å². The van der Waals surface area contributed by atoms with E-state index in [1.165, 1.54) is 24.3 Å². The van der Waals surface area contributed by atoms with Crippen molar-refractivity contribution in [3.8, 4) is 5.75 Å². The molecule has 1 aliphatic rings. The summed E-state index contributed by atoms with van der Waals surface area (Å²) in [5.41, 5.74) is 6.59. The van der Waals surface area contributed by atoms with E-state index in [-0.39, 0.29) is 28.7 Å². The van der Waals surface area contributed by atoms with Crippen molar-refractivity contribution in [2.75, 3.05) is 11.9 Å². The van der Waals surface area contributed by atoms with E-state index < -0.39 is 36.4 Å². The van der Waals surface area contributed by atoms with Gasteiger partial charge in [0.25, 0.3) is 11.9 Å². The molecule has 2 unspecified atom stereocenters. The summed E-state index contributed by atoms with van der Waals surface area (Å²) in [5, 5.41) is 2.57. The summed E-state index contributed by atoms with van der Waals surface area (Å²) in [6.07, 6.45) is 0.445. The monoisotopic (exact) mass is 470 g/mol. The van der Waals surface area contributed by atoms with Gasteiger partial charge in [0.15, 0.2) is 12.6 Å². The molecule has 2 aromatic carbocycles. The quantitative estimate of drug-likeness (QED) is 0.547. The number of hydrogen-bond acceptors (Lipinski definition) is 6. The average molecular weight is 470 g/mol. The molecule has 34 heavy (non-hydrogen) atoms. The largest absolute Gasteiger partial charge is 0.486 e. The highest BCUT2D eigenvalue weighted by Crippen LogP contribution is 2.43. The number of amidine groups is 1. The first kappa shape index (κ1) is 23.1. The van der Waals surface area contributed by atoms with Gasteiger partial charge in [-0.15, -0.1) is 0 Å². The van der Waals surface area contributed by atoms with Crippen LogP contribution in [0.25, 0.3) is 0 Å². The third-order valence-corrected chi connectivity index (χ3v) is 5.16. The number of rotatable bonds is 6. The minimum absolute atomic E-state index is 0.0175. The van der Waals surface area contributed by atoms with E-state index in [2.05, 4.69) is 15.3 Å². The van der Waals surface area contributed by atoms with Crippen LogP contribution in [0, 0.1) is 5.82 Å². The molecule has 0 bridgehead atoms. The molecule has 0 radical (unpaired) electrons. The second kappa shape index (κ2) is 9.42. The van der Waals surface area contributed by atoms with Crippen LogP contribution in [0.3, 0.4) is 0 Å². The number of nitrogens with zero attached hydrogens (tertiary/aromatic N) is 2. The maximum absolute atomic E-state index is 14.8. The Morgan fingerprint density at radius 3 is 2.68 bits per heavy atom. The zero-order valence-corrected chi connectivity index (χ0v) is 18.0. The molecular weight excluding hydrogens is 449 g/mol. The highest BCUT2D eigenvalue weighted by molar-refractivity contribution is 6.02. The van der Waals surface area contributed by atoms with Crippen molar-refractivity contribution in [2.45, 2.75) is 25.0 Å². The van der Waals surface area contributed by atoms with Crippen molar-refractivity contribution in [1.29, 1.82) is 0 Å². The van der Waals surface area contributed by atoms with Gasteiger partial charge in [0.2, 0.25) is 0 Å². The lowest BCUT2D eigenvalue weighted by Gasteiger charge is -2.30. The maximum atomic E-state index is 14.8. The molecule has 7 nitrogen and oxygen atoms in total. The number of aromatic nitrogens is 1. The van der Waals surface area contributed by atoms with Crippen molar-refractivity contribution in [3.63, 3.8) is 0 Å². The lowest BCUT2D eigenvalue weighted by Crippen LogP contribution is -2.39. The number of pyridine rings is 1. The Labute approximate surface area is 193 Å². The van der Waals surface area contributed by atoms with Gasteiger partial charge in [0.1, 0.15) is 23.4 Å². The van der Waals surface area contributed by atoms with Gasteiger partial charge in [-0.3, -0.25) is 4.79 Å². The number of hydrogen-bond donors (Lipinski definition) is 2. The number of carbonyl (C=O) groups is 1. The SMILES string of the molecule is CC(Oc1ccc(NC(=O)c2ccc(F)cn2)cc1C1N=C(N)OCC1(F)F)c1ccccc1. The standard InChI is InChI=1S/C24H21F3N4O3/c1-14(15-5-3-2-4-6-15)34-20-10-8-17(30-22(32)19-9-7-16(25)12-29-19)11-18(20)21-24(26,27)13-33-23(28)31-21/h2-12,14,21H,13H2,1H3,(H2,28,31)(H,30,32). The summed E-state index contributed by atoms with van der Waals surface area (Å²) in [4.78, 5) is 20.0. The van der Waals surface area contributed by atoms with Crippen molar-refractivity contribution < 1.29 is 27.4 Å². The fourth-order valence-electron chi connectivity index (χ4n) is 3.44. The Morgan fingerprint density at radius 2 is 1.97 bits per heavy atom. The van der Waals surface area contributed by atoms with Crippen LogP contribution in [0.2, 0.25) is 0 Å². The molecule has 2 heterocycles. The number of alkyl halides is 2. The van der Waals surface area contributed by atoms with E-state index in [1.54, 1.807) is 6.92 Å². The lowest BCUT2D eigenvalue weighted by molar-refractivity contribution is -0.0787. The first-order valence-corrected chi connectivity index (χ1v) is 10.4. The summed E-state index contributed by atoms with van der Waals surface area (Å²) >= 11 is 0. The van der Waals surface area contributed by atoms with Gasteiger partial charge in [-0.05, 0) is 42.8 Å². The minimum Gasteiger partial charge on any atom is -0.486 e. The number of ether oxygens (including phenoxy) is 2. The van der Waals surface area contributed by atoms with Crippen LogP contribution < -0.4 is 15.8 Å². The molecule has 1 amide bonds. The molecule has 0 spiro atoms. The van der Waals surface area contributed by atoms with Gasteiger partial charge in [0.05, 0.1) is 6.20 Å². The fourth-order valence-corrected chi connectivity index (χ4v) is 3.44. The van der Waals surface area contributed by atoms with Crippen molar-refractivity contribution in [3.05, 3.63) is 89.5 Å². The summed E-state index contributed by atoms with van der Waals surface area (Å²) in [6, 6.07) is 13.8. The maximum Gasteiger partial charge on any atom is 0.307 e. The third kappa shape index (κ3) is 5.11. The fraction of sp³-hybridized carbons (Fsp3) is 0.208. The van der Waals surface area contributed by atoms with E-state index in [9.17, 15) is 18.0 Å². The highest BCUT2D eigenvalue weighted by Gasteiger charge is 2.46. The second-order valence-corrected chi connectivity index (χ2v) is 7.66. The zero-order chi connectivity index (χ0) is 24.3. The van der Waals surface area contributed by atoms with Gasteiger partial charge in [-0.25, -0.2) is 23.1 Å². The first-order chi connectivity index (χ1) is 16.2. The summed E-state index contributed by atoms with van der Waals surface area (Å²) in [7, 11) is 0. The van der Waals surface area contributed by atoms with Crippen molar-refractivity contribution in [2.24, 2.45) is 10.7 Å². The van der Waals surface area contributed by atoms with E-state index in [4.69, 9.17) is 15.2 Å². The first-order valence-electron chi connectivity index (χ1n) is 10.4. The normalized spacial score (nSPS) is 17.8. The molecule has 0 aliphatic carbocycles. The number of benzene rings is 2. The number of nitrogens with one attached hydrogen (secondary N) is 1. The molecule has 10 heteroatoms. The Hall–Kier alpha value is -4.08. The van der Waals surface area contributed by atoms with Crippen LogP contribution in [-0.2, 0) is 4.74 Å². The van der Waals surface area contributed by atoms with Gasteiger partial charge in [-0.1, -0.05) is 30.3 Å². The van der Waals surface area contributed by atoms with Crippen LogP contribution in [0.4, 0.5) is 18.9 Å². The molecule has 1 aliphatic heterocycles. The van der Waals surface area contributed by atoms with Crippen LogP contribution in [0.15, 0.2) is 71.9 Å². The molecule has 176 valence electrons. The minimum atomic E-state index is -3.38. The molecular formula is C24H21F3N4O3. The predicted octanol–water partition coefficient (Wildman–Crippen LogP) is 4.63. The molecule has 3 N–H and O–H groups in total. The van der Waals surface area contributed by atoms with Gasteiger partial charge >= 0.3 is 5.92 Å². The second-order valence-electron chi connectivity index (χ2n) is 7.66. The number of anilines is 1. The molecule has 0 saturated heterocycles. The van der Waals surface area contributed by atoms with Crippen molar-refractivity contribution in [1.82, 2.24) is 4.98 Å². The van der Waals surface area contributed by atoms with E-state index >= 15 is 0 Å². The summed E-state index contributed by atoms with van der Waals surface area (Å²) < 4.78 is 53.4. The third-order valence-electron chi connectivity index (χ3n) is 5.16. The van der Waals surface area contributed by atoms with E-state index in [0.717, 1.165) is 17.8 Å². The average Bonchev–Trinajstić information content (AvgIpc) is 2.82. The smallest absolute Gasteiger partial charge is 0.307 e. The molecule has 1 aromatic heterocycles.